The third-order valence-electron chi connectivity index (χ3n) is 4.46. The molecule has 1 saturated heterocycles. The molecule has 1 fully saturated rings. The number of nitrogens with two attached hydrogens (primary N) is 1. The highest BCUT2D eigenvalue weighted by Gasteiger charge is 2.28. The van der Waals surface area contributed by atoms with Crippen molar-refractivity contribution in [3.8, 4) is 0 Å². The fourth-order valence-electron chi connectivity index (χ4n) is 3.15. The minimum absolute atomic E-state index is 0.229. The quantitative estimate of drug-likeness (QED) is 0.840. The molecule has 3 N–H and O–H groups in total. The number of aromatic amines is 1. The number of hydrogen-bond donors (Lipinski definition) is 2. The SMILES string of the molecule is CCCC(CCC)c1nc(N2CCCC(N)C2C)n[nH]1. The van der Waals surface area contributed by atoms with E-state index in [4.69, 9.17) is 10.7 Å². The van der Waals surface area contributed by atoms with E-state index in [0.717, 1.165) is 31.2 Å². The monoisotopic (exact) mass is 279 g/mol. The summed E-state index contributed by atoms with van der Waals surface area (Å²) in [7, 11) is 0. The van der Waals surface area contributed by atoms with Crippen molar-refractivity contribution in [2.75, 3.05) is 11.4 Å². The zero-order valence-corrected chi connectivity index (χ0v) is 13.1. The van der Waals surface area contributed by atoms with Gasteiger partial charge in [-0.2, -0.15) is 4.98 Å². The standard InChI is InChI=1S/C15H29N5/c1-4-7-12(8-5-2)14-17-15(19-18-14)20-10-6-9-13(16)11(20)3/h11-13H,4-10,16H2,1-3H3,(H,17,18,19). The van der Waals surface area contributed by atoms with Crippen molar-refractivity contribution >= 4 is 5.95 Å². The van der Waals surface area contributed by atoms with Crippen molar-refractivity contribution in [2.45, 2.75) is 77.3 Å². The molecular weight excluding hydrogens is 250 g/mol. The first kappa shape index (κ1) is 15.3. The molecule has 0 aliphatic carbocycles. The van der Waals surface area contributed by atoms with E-state index in [0.29, 0.717) is 12.0 Å². The maximum absolute atomic E-state index is 6.16. The van der Waals surface area contributed by atoms with Gasteiger partial charge in [0.05, 0.1) is 0 Å². The van der Waals surface area contributed by atoms with E-state index in [1.807, 2.05) is 0 Å². The number of hydrogen-bond acceptors (Lipinski definition) is 4. The average Bonchev–Trinajstić information content (AvgIpc) is 2.91. The molecule has 1 aliphatic heterocycles. The number of piperidine rings is 1. The van der Waals surface area contributed by atoms with Crippen LogP contribution in [0.4, 0.5) is 5.95 Å². The van der Waals surface area contributed by atoms with Gasteiger partial charge in [-0.05, 0) is 32.6 Å². The summed E-state index contributed by atoms with van der Waals surface area (Å²) in [5.74, 6) is 2.40. The molecule has 0 saturated carbocycles. The van der Waals surface area contributed by atoms with Crippen molar-refractivity contribution in [2.24, 2.45) is 5.73 Å². The van der Waals surface area contributed by atoms with E-state index in [1.54, 1.807) is 0 Å². The van der Waals surface area contributed by atoms with Gasteiger partial charge in [-0.25, -0.2) is 0 Å². The molecule has 5 nitrogen and oxygen atoms in total. The van der Waals surface area contributed by atoms with Crippen LogP contribution < -0.4 is 10.6 Å². The van der Waals surface area contributed by atoms with Gasteiger partial charge in [0.1, 0.15) is 5.82 Å². The van der Waals surface area contributed by atoms with Gasteiger partial charge in [-0.3, -0.25) is 5.10 Å². The lowest BCUT2D eigenvalue weighted by Crippen LogP contribution is -2.51. The van der Waals surface area contributed by atoms with Crippen LogP contribution >= 0.6 is 0 Å². The predicted octanol–water partition coefficient (Wildman–Crippen LogP) is 2.80. The van der Waals surface area contributed by atoms with Crippen LogP contribution in [0.1, 0.15) is 71.0 Å². The van der Waals surface area contributed by atoms with Gasteiger partial charge in [0, 0.05) is 24.5 Å². The van der Waals surface area contributed by atoms with Gasteiger partial charge < -0.3 is 10.6 Å². The lowest BCUT2D eigenvalue weighted by molar-refractivity contribution is 0.415. The fraction of sp³-hybridized carbons (Fsp3) is 0.867. The Kier molecular flexibility index (Phi) is 5.40. The maximum Gasteiger partial charge on any atom is 0.245 e. The summed E-state index contributed by atoms with van der Waals surface area (Å²) in [4.78, 5) is 7.01. The molecule has 2 atom stereocenters. The van der Waals surface area contributed by atoms with Crippen LogP contribution in [0.15, 0.2) is 0 Å². The van der Waals surface area contributed by atoms with Gasteiger partial charge in [0.2, 0.25) is 5.95 Å². The highest BCUT2D eigenvalue weighted by atomic mass is 15.4. The van der Waals surface area contributed by atoms with E-state index in [2.05, 4.69) is 35.9 Å². The number of aromatic nitrogens is 3. The molecule has 2 heterocycles. The first-order chi connectivity index (χ1) is 9.67. The van der Waals surface area contributed by atoms with Crippen molar-refractivity contribution in [3.05, 3.63) is 5.82 Å². The van der Waals surface area contributed by atoms with Crippen LogP contribution in [0.25, 0.3) is 0 Å². The third-order valence-corrected chi connectivity index (χ3v) is 4.46. The highest BCUT2D eigenvalue weighted by Crippen LogP contribution is 2.26. The summed E-state index contributed by atoms with van der Waals surface area (Å²) in [6.45, 7) is 7.64. The van der Waals surface area contributed by atoms with Crippen LogP contribution in [0.3, 0.4) is 0 Å². The predicted molar refractivity (Wildman–Crippen MR) is 83.0 cm³/mol. The average molecular weight is 279 g/mol. The Labute approximate surface area is 122 Å². The second-order valence-electron chi connectivity index (χ2n) is 6.04. The van der Waals surface area contributed by atoms with Gasteiger partial charge in [-0.1, -0.05) is 26.7 Å². The van der Waals surface area contributed by atoms with Crippen molar-refractivity contribution < 1.29 is 0 Å². The molecule has 1 aliphatic rings. The summed E-state index contributed by atoms with van der Waals surface area (Å²) < 4.78 is 0. The molecule has 0 aromatic carbocycles. The molecule has 114 valence electrons. The summed E-state index contributed by atoms with van der Waals surface area (Å²) in [5, 5.41) is 7.61. The minimum Gasteiger partial charge on any atom is -0.335 e. The number of nitrogens with one attached hydrogen (secondary N) is 1. The van der Waals surface area contributed by atoms with E-state index in [1.165, 1.54) is 25.7 Å². The van der Waals surface area contributed by atoms with Crippen LogP contribution in [-0.2, 0) is 0 Å². The molecule has 1 aromatic rings. The molecule has 20 heavy (non-hydrogen) atoms. The Bertz CT molecular complexity index is 397. The number of rotatable bonds is 6. The molecule has 0 radical (unpaired) electrons. The zero-order valence-electron chi connectivity index (χ0n) is 13.1. The highest BCUT2D eigenvalue weighted by molar-refractivity contribution is 5.32. The Hall–Kier alpha value is -1.10. The molecule has 2 unspecified atom stereocenters. The number of nitrogens with zero attached hydrogens (tertiary/aromatic N) is 3. The van der Waals surface area contributed by atoms with Crippen molar-refractivity contribution in [1.29, 1.82) is 0 Å². The topological polar surface area (TPSA) is 70.8 Å². The summed E-state index contributed by atoms with van der Waals surface area (Å²) in [6.07, 6.45) is 6.96. The van der Waals surface area contributed by atoms with E-state index >= 15 is 0 Å². The smallest absolute Gasteiger partial charge is 0.245 e. The molecule has 0 bridgehead atoms. The van der Waals surface area contributed by atoms with Crippen LogP contribution in [0, 0.1) is 0 Å². The lowest BCUT2D eigenvalue weighted by atomic mass is 9.97. The van der Waals surface area contributed by atoms with Crippen molar-refractivity contribution in [3.63, 3.8) is 0 Å². The van der Waals surface area contributed by atoms with Crippen LogP contribution in [0.5, 0.6) is 0 Å². The van der Waals surface area contributed by atoms with Gasteiger partial charge in [-0.15, -0.1) is 5.10 Å². The normalized spacial score (nSPS) is 23.6. The number of H-pyrrole nitrogens is 1. The maximum atomic E-state index is 6.16. The first-order valence-electron chi connectivity index (χ1n) is 8.11. The van der Waals surface area contributed by atoms with Gasteiger partial charge in [0.15, 0.2) is 0 Å². The first-order valence-corrected chi connectivity index (χ1v) is 8.11. The summed E-state index contributed by atoms with van der Waals surface area (Å²) in [5.41, 5.74) is 6.16. The Morgan fingerprint density at radius 2 is 2.05 bits per heavy atom. The minimum atomic E-state index is 0.229. The second-order valence-corrected chi connectivity index (χ2v) is 6.04. The second kappa shape index (κ2) is 7.07. The third kappa shape index (κ3) is 3.32. The Morgan fingerprint density at radius 3 is 2.70 bits per heavy atom. The Morgan fingerprint density at radius 1 is 1.35 bits per heavy atom. The van der Waals surface area contributed by atoms with Crippen LogP contribution in [-0.4, -0.2) is 33.8 Å². The molecular formula is C15H29N5. The Balaban J connectivity index is 2.10. The summed E-state index contributed by atoms with van der Waals surface area (Å²) in [6, 6.07) is 0.552. The molecule has 2 rings (SSSR count). The zero-order chi connectivity index (χ0) is 14.5. The lowest BCUT2D eigenvalue weighted by Gasteiger charge is -2.36. The van der Waals surface area contributed by atoms with Gasteiger partial charge >= 0.3 is 0 Å². The summed E-state index contributed by atoms with van der Waals surface area (Å²) >= 11 is 0. The van der Waals surface area contributed by atoms with Gasteiger partial charge in [0.25, 0.3) is 0 Å². The molecule has 0 amide bonds. The van der Waals surface area contributed by atoms with E-state index in [-0.39, 0.29) is 6.04 Å². The molecule has 5 heteroatoms. The van der Waals surface area contributed by atoms with E-state index < -0.39 is 0 Å². The fourth-order valence-corrected chi connectivity index (χ4v) is 3.15. The van der Waals surface area contributed by atoms with Crippen molar-refractivity contribution in [1.82, 2.24) is 15.2 Å². The number of anilines is 1. The molecule has 0 spiro atoms. The molecule has 1 aromatic heterocycles. The van der Waals surface area contributed by atoms with Crippen LogP contribution in [0.2, 0.25) is 0 Å². The largest absolute Gasteiger partial charge is 0.335 e. The van der Waals surface area contributed by atoms with E-state index in [9.17, 15) is 0 Å².